The highest BCUT2D eigenvalue weighted by Crippen LogP contribution is 2.34. The number of aromatic nitrogens is 2. The smallest absolute Gasteiger partial charge is 0.410 e. The summed E-state index contributed by atoms with van der Waals surface area (Å²) in [5.74, 6) is 1.22. The lowest BCUT2D eigenvalue weighted by atomic mass is 10.2. The molecule has 2 heterocycles. The molecule has 8 heteroatoms. The Morgan fingerprint density at radius 3 is 2.77 bits per heavy atom. The van der Waals surface area contributed by atoms with Gasteiger partial charge in [0.2, 0.25) is 5.89 Å². The molecule has 1 aromatic heterocycles. The van der Waals surface area contributed by atoms with E-state index in [-0.39, 0.29) is 12.1 Å². The molecule has 1 fully saturated rings. The van der Waals surface area contributed by atoms with Crippen molar-refractivity contribution in [1.29, 1.82) is 0 Å². The Hall–Kier alpha value is -1.54. The monoisotopic (exact) mass is 439 g/mol. The van der Waals surface area contributed by atoms with Crippen molar-refractivity contribution in [2.75, 3.05) is 6.54 Å². The molecule has 1 aromatic carbocycles. The average molecular weight is 440 g/mol. The molecule has 1 saturated heterocycles. The maximum Gasteiger partial charge on any atom is 0.410 e. The van der Waals surface area contributed by atoms with E-state index in [0.717, 1.165) is 23.1 Å². The fraction of sp³-hybridized carbons (Fsp3) is 0.500. The quantitative estimate of drug-likeness (QED) is 0.609. The summed E-state index contributed by atoms with van der Waals surface area (Å²) in [6, 6.07) is 7.91. The van der Waals surface area contributed by atoms with Crippen molar-refractivity contribution in [3.8, 4) is 0 Å². The van der Waals surface area contributed by atoms with Gasteiger partial charge >= 0.3 is 6.09 Å². The first-order valence-electron chi connectivity index (χ1n) is 8.52. The van der Waals surface area contributed by atoms with Gasteiger partial charge in [0.15, 0.2) is 0 Å². The molecule has 0 radical (unpaired) electrons. The van der Waals surface area contributed by atoms with Gasteiger partial charge in [-0.25, -0.2) is 4.79 Å². The van der Waals surface area contributed by atoms with Gasteiger partial charge in [0, 0.05) is 16.8 Å². The van der Waals surface area contributed by atoms with E-state index >= 15 is 0 Å². The van der Waals surface area contributed by atoms with Crippen molar-refractivity contribution < 1.29 is 13.9 Å². The van der Waals surface area contributed by atoms with E-state index in [2.05, 4.69) is 38.3 Å². The van der Waals surface area contributed by atoms with Gasteiger partial charge in [-0.3, -0.25) is 4.90 Å². The first kappa shape index (κ1) is 19.2. The highest BCUT2D eigenvalue weighted by molar-refractivity contribution is 9.10. The SMILES string of the molecule is CC(C)(C)OC(=O)N1CCC[C@H]1c1nnc(SCc2ccc(Br)cc2)o1. The van der Waals surface area contributed by atoms with Crippen LogP contribution in [0.2, 0.25) is 0 Å². The summed E-state index contributed by atoms with van der Waals surface area (Å²) >= 11 is 4.92. The summed E-state index contributed by atoms with van der Waals surface area (Å²) in [5, 5.41) is 8.79. The molecule has 0 bridgehead atoms. The van der Waals surface area contributed by atoms with Crippen molar-refractivity contribution in [2.24, 2.45) is 0 Å². The van der Waals surface area contributed by atoms with Crippen molar-refractivity contribution in [2.45, 2.75) is 56.2 Å². The lowest BCUT2D eigenvalue weighted by Gasteiger charge is -2.27. The van der Waals surface area contributed by atoms with Crippen LogP contribution in [0.5, 0.6) is 0 Å². The van der Waals surface area contributed by atoms with Gasteiger partial charge in [-0.05, 0) is 51.3 Å². The third-order valence-electron chi connectivity index (χ3n) is 3.86. The van der Waals surface area contributed by atoms with Crippen LogP contribution in [-0.2, 0) is 10.5 Å². The highest BCUT2D eigenvalue weighted by Gasteiger charge is 2.36. The minimum atomic E-state index is -0.523. The van der Waals surface area contributed by atoms with Crippen molar-refractivity contribution >= 4 is 33.8 Å². The second-order valence-corrected chi connectivity index (χ2v) is 9.00. The number of rotatable bonds is 4. The van der Waals surface area contributed by atoms with Crippen LogP contribution in [0.3, 0.4) is 0 Å². The molecule has 0 saturated carbocycles. The number of likely N-dealkylation sites (tertiary alicyclic amines) is 1. The van der Waals surface area contributed by atoms with Gasteiger partial charge in [0.1, 0.15) is 11.6 Å². The minimum absolute atomic E-state index is 0.209. The van der Waals surface area contributed by atoms with Crippen molar-refractivity contribution in [3.05, 3.63) is 40.2 Å². The summed E-state index contributed by atoms with van der Waals surface area (Å²) in [5.41, 5.74) is 0.652. The van der Waals surface area contributed by atoms with E-state index in [1.165, 1.54) is 17.3 Å². The van der Waals surface area contributed by atoms with Gasteiger partial charge in [-0.15, -0.1) is 10.2 Å². The Labute approximate surface area is 165 Å². The second kappa shape index (κ2) is 8.00. The van der Waals surface area contributed by atoms with Crippen LogP contribution >= 0.6 is 27.7 Å². The highest BCUT2D eigenvalue weighted by atomic mass is 79.9. The standard InChI is InChI=1S/C18H22BrN3O3S/c1-18(2,3)25-17(23)22-10-4-5-14(22)15-20-21-16(24-15)26-11-12-6-8-13(19)9-7-12/h6-9,14H,4-5,10-11H2,1-3H3/t14-/m0/s1. The summed E-state index contributed by atoms with van der Waals surface area (Å²) in [6.07, 6.45) is 1.37. The van der Waals surface area contributed by atoms with Crippen molar-refractivity contribution in [3.63, 3.8) is 0 Å². The predicted octanol–water partition coefficient (Wildman–Crippen LogP) is 5.20. The Morgan fingerprint density at radius 1 is 1.35 bits per heavy atom. The van der Waals surface area contributed by atoms with E-state index in [0.29, 0.717) is 17.7 Å². The molecular weight excluding hydrogens is 418 g/mol. The number of benzene rings is 1. The summed E-state index contributed by atoms with van der Waals surface area (Å²) < 4.78 is 12.3. The van der Waals surface area contributed by atoms with Crippen molar-refractivity contribution in [1.82, 2.24) is 15.1 Å². The molecule has 26 heavy (non-hydrogen) atoms. The fourth-order valence-corrected chi connectivity index (χ4v) is 3.69. The molecule has 1 aliphatic rings. The second-order valence-electron chi connectivity index (χ2n) is 7.15. The number of halogens is 1. The van der Waals surface area contributed by atoms with Gasteiger partial charge < -0.3 is 9.15 Å². The number of amides is 1. The summed E-state index contributed by atoms with van der Waals surface area (Å²) in [7, 11) is 0. The van der Waals surface area contributed by atoms with E-state index in [9.17, 15) is 4.79 Å². The maximum atomic E-state index is 12.4. The van der Waals surface area contributed by atoms with Gasteiger partial charge in [0.25, 0.3) is 5.22 Å². The third kappa shape index (κ3) is 5.01. The van der Waals surface area contributed by atoms with Crippen LogP contribution in [0, 0.1) is 0 Å². The first-order chi connectivity index (χ1) is 12.3. The van der Waals surface area contributed by atoms with E-state index in [1.807, 2.05) is 32.9 Å². The number of hydrogen-bond donors (Lipinski definition) is 0. The van der Waals surface area contributed by atoms with Gasteiger partial charge in [-0.2, -0.15) is 0 Å². The fourth-order valence-electron chi connectivity index (χ4n) is 2.70. The average Bonchev–Trinajstić information content (AvgIpc) is 3.21. The summed E-state index contributed by atoms with van der Waals surface area (Å²) in [4.78, 5) is 14.1. The Kier molecular flexibility index (Phi) is 5.92. The zero-order chi connectivity index (χ0) is 18.7. The Balaban J connectivity index is 1.62. The van der Waals surface area contributed by atoms with Crippen LogP contribution < -0.4 is 0 Å². The van der Waals surface area contributed by atoms with Crippen LogP contribution in [-0.4, -0.2) is 33.3 Å². The van der Waals surface area contributed by atoms with Crippen LogP contribution in [0.25, 0.3) is 0 Å². The molecule has 0 N–H and O–H groups in total. The molecule has 0 aliphatic carbocycles. The molecule has 0 unspecified atom stereocenters. The maximum absolute atomic E-state index is 12.4. The van der Waals surface area contributed by atoms with Crippen LogP contribution in [0.1, 0.15) is 51.1 Å². The molecule has 140 valence electrons. The molecule has 2 aromatic rings. The normalized spacial score (nSPS) is 17.5. The first-order valence-corrected chi connectivity index (χ1v) is 10.3. The molecule has 1 atom stereocenters. The largest absolute Gasteiger partial charge is 0.444 e. The van der Waals surface area contributed by atoms with E-state index < -0.39 is 5.60 Å². The molecule has 6 nitrogen and oxygen atoms in total. The number of nitrogens with zero attached hydrogens (tertiary/aromatic N) is 3. The van der Waals surface area contributed by atoms with Gasteiger partial charge in [-0.1, -0.05) is 39.8 Å². The third-order valence-corrected chi connectivity index (χ3v) is 5.28. The number of thioether (sulfide) groups is 1. The molecule has 1 aliphatic heterocycles. The Bertz CT molecular complexity index is 758. The zero-order valence-corrected chi connectivity index (χ0v) is 17.5. The molecule has 1 amide bonds. The molecular formula is C18H22BrN3O3S. The zero-order valence-electron chi connectivity index (χ0n) is 15.1. The lowest BCUT2D eigenvalue weighted by Crippen LogP contribution is -2.36. The van der Waals surface area contributed by atoms with Crippen LogP contribution in [0.4, 0.5) is 4.79 Å². The topological polar surface area (TPSA) is 68.5 Å². The van der Waals surface area contributed by atoms with E-state index in [4.69, 9.17) is 9.15 Å². The van der Waals surface area contributed by atoms with Crippen LogP contribution in [0.15, 0.2) is 38.4 Å². The number of ether oxygens (including phenoxy) is 1. The number of hydrogen-bond acceptors (Lipinski definition) is 6. The summed E-state index contributed by atoms with van der Waals surface area (Å²) in [6.45, 7) is 6.22. The minimum Gasteiger partial charge on any atom is -0.444 e. The van der Waals surface area contributed by atoms with E-state index in [1.54, 1.807) is 4.90 Å². The molecule has 3 rings (SSSR count). The number of carbonyl (C=O) groups excluding carboxylic acids is 1. The Morgan fingerprint density at radius 2 is 2.08 bits per heavy atom. The van der Waals surface area contributed by atoms with Gasteiger partial charge in [0.05, 0.1) is 0 Å². The lowest BCUT2D eigenvalue weighted by molar-refractivity contribution is 0.0201. The predicted molar refractivity (Wildman–Crippen MR) is 103 cm³/mol. The molecule has 0 spiro atoms. The number of carbonyl (C=O) groups is 1.